The van der Waals surface area contributed by atoms with Crippen molar-refractivity contribution in [2.75, 3.05) is 6.54 Å². The van der Waals surface area contributed by atoms with Gasteiger partial charge in [-0.2, -0.15) is 0 Å². The van der Waals surface area contributed by atoms with Crippen molar-refractivity contribution in [2.45, 2.75) is 60.3 Å². The fourth-order valence-corrected chi connectivity index (χ4v) is 2.37. The summed E-state index contributed by atoms with van der Waals surface area (Å²) in [5.41, 5.74) is 5.78. The highest BCUT2D eigenvalue weighted by Gasteiger charge is 2.14. The summed E-state index contributed by atoms with van der Waals surface area (Å²) in [6.07, 6.45) is 5.39. The summed E-state index contributed by atoms with van der Waals surface area (Å²) in [6, 6.07) is 0. The van der Waals surface area contributed by atoms with E-state index in [9.17, 15) is 0 Å². The van der Waals surface area contributed by atoms with Gasteiger partial charge < -0.3 is 5.73 Å². The SMILES string of the molecule is CCC(CCCC(CN)C(C)C)C(C)C. The van der Waals surface area contributed by atoms with Crippen LogP contribution in [0.5, 0.6) is 0 Å². The molecule has 0 amide bonds. The van der Waals surface area contributed by atoms with Crippen molar-refractivity contribution in [1.29, 1.82) is 0 Å². The fraction of sp³-hybridized carbons (Fsp3) is 1.00. The van der Waals surface area contributed by atoms with E-state index in [4.69, 9.17) is 5.73 Å². The molecule has 0 fully saturated rings. The van der Waals surface area contributed by atoms with Gasteiger partial charge in [0.2, 0.25) is 0 Å². The van der Waals surface area contributed by atoms with Gasteiger partial charge in [-0.3, -0.25) is 0 Å². The van der Waals surface area contributed by atoms with Gasteiger partial charge in [0, 0.05) is 0 Å². The van der Waals surface area contributed by atoms with Gasteiger partial charge in [0.1, 0.15) is 0 Å². The predicted molar refractivity (Wildman–Crippen MR) is 69.9 cm³/mol. The molecule has 0 aromatic carbocycles. The van der Waals surface area contributed by atoms with E-state index in [1.807, 2.05) is 0 Å². The summed E-state index contributed by atoms with van der Waals surface area (Å²) in [7, 11) is 0. The average Bonchev–Trinajstić information content (AvgIpc) is 2.17. The minimum Gasteiger partial charge on any atom is -0.330 e. The molecule has 0 aliphatic carbocycles. The van der Waals surface area contributed by atoms with E-state index in [-0.39, 0.29) is 0 Å². The van der Waals surface area contributed by atoms with Crippen molar-refractivity contribution in [3.05, 3.63) is 0 Å². The predicted octanol–water partition coefficient (Wildman–Crippen LogP) is 4.07. The van der Waals surface area contributed by atoms with E-state index in [0.29, 0.717) is 0 Å². The van der Waals surface area contributed by atoms with Crippen LogP contribution < -0.4 is 5.73 Å². The van der Waals surface area contributed by atoms with E-state index in [1.54, 1.807) is 0 Å². The second-order valence-corrected chi connectivity index (χ2v) is 5.58. The smallest absolute Gasteiger partial charge is 0.00464 e. The molecule has 0 spiro atoms. The van der Waals surface area contributed by atoms with Crippen LogP contribution in [0.3, 0.4) is 0 Å². The zero-order valence-electron chi connectivity index (χ0n) is 11.4. The highest BCUT2D eigenvalue weighted by atomic mass is 14.5. The van der Waals surface area contributed by atoms with E-state index >= 15 is 0 Å². The van der Waals surface area contributed by atoms with Gasteiger partial charge in [-0.05, 0) is 36.6 Å². The molecule has 2 atom stereocenters. The quantitative estimate of drug-likeness (QED) is 0.646. The molecule has 2 N–H and O–H groups in total. The van der Waals surface area contributed by atoms with E-state index in [2.05, 4.69) is 34.6 Å². The molecule has 0 heterocycles. The minimum absolute atomic E-state index is 0.731. The summed E-state index contributed by atoms with van der Waals surface area (Å²) in [6.45, 7) is 12.4. The minimum atomic E-state index is 0.731. The van der Waals surface area contributed by atoms with Crippen LogP contribution in [0.2, 0.25) is 0 Å². The first kappa shape index (κ1) is 15.0. The van der Waals surface area contributed by atoms with Crippen molar-refractivity contribution < 1.29 is 0 Å². The Labute approximate surface area is 96.8 Å². The van der Waals surface area contributed by atoms with Gasteiger partial charge in [-0.15, -0.1) is 0 Å². The monoisotopic (exact) mass is 213 g/mol. The lowest BCUT2D eigenvalue weighted by molar-refractivity contribution is 0.301. The molecule has 0 aliphatic rings. The lowest BCUT2D eigenvalue weighted by Gasteiger charge is -2.22. The van der Waals surface area contributed by atoms with Crippen molar-refractivity contribution in [3.8, 4) is 0 Å². The first-order valence-electron chi connectivity index (χ1n) is 6.72. The van der Waals surface area contributed by atoms with Crippen molar-refractivity contribution >= 4 is 0 Å². The van der Waals surface area contributed by atoms with Crippen LogP contribution in [0.4, 0.5) is 0 Å². The Morgan fingerprint density at radius 1 is 0.867 bits per heavy atom. The summed E-state index contributed by atoms with van der Waals surface area (Å²) < 4.78 is 0. The molecule has 1 nitrogen and oxygen atoms in total. The molecule has 0 bridgehead atoms. The molecule has 1 heteroatoms. The molecule has 0 radical (unpaired) electrons. The second kappa shape index (κ2) is 8.15. The van der Waals surface area contributed by atoms with Crippen LogP contribution in [0, 0.1) is 23.7 Å². The largest absolute Gasteiger partial charge is 0.330 e. The van der Waals surface area contributed by atoms with Gasteiger partial charge >= 0.3 is 0 Å². The van der Waals surface area contributed by atoms with E-state index in [0.717, 1.165) is 30.2 Å². The molecular weight excluding hydrogens is 182 g/mol. The Bertz CT molecular complexity index is 124. The third-order valence-electron chi connectivity index (χ3n) is 3.86. The number of hydrogen-bond donors (Lipinski definition) is 1. The van der Waals surface area contributed by atoms with Crippen LogP contribution in [0.15, 0.2) is 0 Å². The lowest BCUT2D eigenvalue weighted by atomic mass is 9.85. The molecule has 2 unspecified atom stereocenters. The maximum atomic E-state index is 5.78. The zero-order valence-corrected chi connectivity index (χ0v) is 11.4. The normalized spacial score (nSPS) is 16.0. The highest BCUT2D eigenvalue weighted by molar-refractivity contribution is 4.67. The first-order chi connectivity index (χ1) is 7.02. The van der Waals surface area contributed by atoms with Crippen LogP contribution in [0.1, 0.15) is 60.3 Å². The van der Waals surface area contributed by atoms with Crippen molar-refractivity contribution in [2.24, 2.45) is 29.4 Å². The topological polar surface area (TPSA) is 26.0 Å². The standard InChI is InChI=1S/C14H31N/c1-6-13(11(2)3)8-7-9-14(10-15)12(4)5/h11-14H,6-10,15H2,1-5H3. The summed E-state index contributed by atoms with van der Waals surface area (Å²) in [5.74, 6) is 3.23. The fourth-order valence-electron chi connectivity index (χ4n) is 2.37. The molecule has 0 saturated carbocycles. The molecule has 0 aromatic rings. The first-order valence-corrected chi connectivity index (χ1v) is 6.72. The Morgan fingerprint density at radius 3 is 1.67 bits per heavy atom. The molecule has 92 valence electrons. The summed E-state index contributed by atoms with van der Waals surface area (Å²) in [4.78, 5) is 0. The lowest BCUT2D eigenvalue weighted by Crippen LogP contribution is -2.20. The van der Waals surface area contributed by atoms with Crippen LogP contribution in [-0.2, 0) is 0 Å². The molecule has 0 aromatic heterocycles. The van der Waals surface area contributed by atoms with E-state index in [1.165, 1.54) is 25.7 Å². The zero-order chi connectivity index (χ0) is 11.8. The summed E-state index contributed by atoms with van der Waals surface area (Å²) in [5, 5.41) is 0. The maximum Gasteiger partial charge on any atom is -0.00464 e. The number of rotatable bonds is 8. The Kier molecular flexibility index (Phi) is 8.13. The third kappa shape index (κ3) is 6.19. The highest BCUT2D eigenvalue weighted by Crippen LogP contribution is 2.24. The molecule has 15 heavy (non-hydrogen) atoms. The molecule has 0 rings (SSSR count). The van der Waals surface area contributed by atoms with Crippen molar-refractivity contribution in [3.63, 3.8) is 0 Å². The van der Waals surface area contributed by atoms with Gasteiger partial charge in [0.05, 0.1) is 0 Å². The van der Waals surface area contributed by atoms with Gasteiger partial charge in [0.15, 0.2) is 0 Å². The third-order valence-corrected chi connectivity index (χ3v) is 3.86. The number of nitrogens with two attached hydrogens (primary N) is 1. The number of hydrogen-bond acceptors (Lipinski definition) is 1. The van der Waals surface area contributed by atoms with Crippen LogP contribution >= 0.6 is 0 Å². The second-order valence-electron chi connectivity index (χ2n) is 5.58. The molecule has 0 saturated heterocycles. The van der Waals surface area contributed by atoms with Crippen molar-refractivity contribution in [1.82, 2.24) is 0 Å². The average molecular weight is 213 g/mol. The van der Waals surface area contributed by atoms with Gasteiger partial charge in [0.25, 0.3) is 0 Å². The van der Waals surface area contributed by atoms with Gasteiger partial charge in [-0.1, -0.05) is 53.9 Å². The summed E-state index contributed by atoms with van der Waals surface area (Å²) >= 11 is 0. The Balaban J connectivity index is 3.75. The van der Waals surface area contributed by atoms with Gasteiger partial charge in [-0.25, -0.2) is 0 Å². The Morgan fingerprint density at radius 2 is 1.33 bits per heavy atom. The maximum absolute atomic E-state index is 5.78. The molecular formula is C14H31N. The van der Waals surface area contributed by atoms with Crippen LogP contribution in [-0.4, -0.2) is 6.54 Å². The van der Waals surface area contributed by atoms with Crippen LogP contribution in [0.25, 0.3) is 0 Å². The Hall–Kier alpha value is -0.0400. The van der Waals surface area contributed by atoms with E-state index < -0.39 is 0 Å². The molecule has 0 aliphatic heterocycles.